The number of fused-ring (bicyclic) bond motifs is 5. The average molecular weight is 517 g/mol. The second-order valence-corrected chi connectivity index (χ2v) is 13.7. The fourth-order valence-corrected chi connectivity index (χ4v) is 9.93. The van der Waals surface area contributed by atoms with Gasteiger partial charge in [0.2, 0.25) is 0 Å². The van der Waals surface area contributed by atoms with Crippen molar-refractivity contribution in [1.29, 1.82) is 0 Å². The molecule has 4 aliphatic carbocycles. The minimum atomic E-state index is -0.197. The van der Waals surface area contributed by atoms with E-state index in [0.29, 0.717) is 42.3 Å². The number of hydrogen-bond donors (Lipinski definition) is 1. The Kier molecular flexibility index (Phi) is 7.48. The summed E-state index contributed by atoms with van der Waals surface area (Å²) < 4.78 is 12.9. The van der Waals surface area contributed by atoms with Crippen molar-refractivity contribution in [3.8, 4) is 0 Å². The molecule has 3 nitrogen and oxygen atoms in total. The largest absolute Gasteiger partial charge is 0.393 e. The normalized spacial score (nSPS) is 41.1. The van der Waals surface area contributed by atoms with Crippen LogP contribution in [-0.4, -0.2) is 23.4 Å². The van der Waals surface area contributed by atoms with Gasteiger partial charge in [0.25, 0.3) is 0 Å². The highest BCUT2D eigenvalue weighted by Gasteiger charge is 2.62. The van der Waals surface area contributed by atoms with E-state index in [2.05, 4.69) is 81.4 Å². The molecule has 4 saturated carbocycles. The van der Waals surface area contributed by atoms with E-state index in [4.69, 9.17) is 9.47 Å². The highest BCUT2D eigenvalue weighted by molar-refractivity contribution is 5.15. The van der Waals surface area contributed by atoms with Gasteiger partial charge in [0.15, 0.2) is 0 Å². The number of rotatable bonds is 7. The van der Waals surface area contributed by atoms with Gasteiger partial charge in [-0.05, 0) is 110 Å². The zero-order valence-electron chi connectivity index (χ0n) is 23.7. The maximum absolute atomic E-state index is 11.6. The second kappa shape index (κ2) is 10.7. The number of ether oxygens (including phenoxy) is 2. The molecule has 0 bridgehead atoms. The van der Waals surface area contributed by atoms with Crippen molar-refractivity contribution < 1.29 is 14.6 Å². The maximum Gasteiger partial charge on any atom is 0.0720 e. The number of hydrogen-bond acceptors (Lipinski definition) is 3. The van der Waals surface area contributed by atoms with Crippen LogP contribution in [0.4, 0.5) is 0 Å². The molecule has 2 aromatic rings. The predicted octanol–water partition coefficient (Wildman–Crippen LogP) is 7.81. The van der Waals surface area contributed by atoms with Gasteiger partial charge in [-0.15, -0.1) is 0 Å². The van der Waals surface area contributed by atoms with E-state index < -0.39 is 0 Å². The zero-order chi connectivity index (χ0) is 26.3. The van der Waals surface area contributed by atoms with Crippen LogP contribution < -0.4 is 0 Å². The van der Waals surface area contributed by atoms with Gasteiger partial charge in [0, 0.05) is 0 Å². The van der Waals surface area contributed by atoms with E-state index >= 15 is 0 Å². The average Bonchev–Trinajstić information content (AvgIpc) is 3.29. The van der Waals surface area contributed by atoms with Crippen LogP contribution in [0.2, 0.25) is 0 Å². The van der Waals surface area contributed by atoms with Crippen LogP contribution in [0.5, 0.6) is 0 Å². The Morgan fingerprint density at radius 3 is 2.11 bits per heavy atom. The van der Waals surface area contributed by atoms with Gasteiger partial charge in [0.1, 0.15) is 0 Å². The molecule has 6 rings (SSSR count). The monoisotopic (exact) mass is 516 g/mol. The predicted molar refractivity (Wildman–Crippen MR) is 152 cm³/mol. The summed E-state index contributed by atoms with van der Waals surface area (Å²) in [5.41, 5.74) is 3.08. The van der Waals surface area contributed by atoms with Crippen molar-refractivity contribution in [2.45, 2.75) is 104 Å². The topological polar surface area (TPSA) is 38.7 Å². The van der Waals surface area contributed by atoms with E-state index in [1.54, 1.807) is 0 Å². The fraction of sp³-hybridized carbons (Fsp3) is 0.657. The van der Waals surface area contributed by atoms with Crippen LogP contribution >= 0.6 is 0 Å². The van der Waals surface area contributed by atoms with Crippen LogP contribution in [0.25, 0.3) is 0 Å². The molecule has 4 fully saturated rings. The Morgan fingerprint density at radius 2 is 1.39 bits per heavy atom. The summed E-state index contributed by atoms with van der Waals surface area (Å²) in [6.45, 7) is 8.81. The fourth-order valence-electron chi connectivity index (χ4n) is 9.93. The van der Waals surface area contributed by atoms with Crippen LogP contribution in [0.1, 0.15) is 83.3 Å². The van der Waals surface area contributed by atoms with Gasteiger partial charge in [0.05, 0.1) is 31.5 Å². The number of benzene rings is 2. The zero-order valence-corrected chi connectivity index (χ0v) is 23.7. The lowest BCUT2D eigenvalue weighted by Crippen LogP contribution is -2.58. The molecule has 0 aromatic heterocycles. The Labute approximate surface area is 230 Å². The summed E-state index contributed by atoms with van der Waals surface area (Å²) in [5.74, 6) is 3.09. The molecule has 10 atom stereocenters. The lowest BCUT2D eigenvalue weighted by Gasteiger charge is -2.62. The van der Waals surface area contributed by atoms with E-state index in [-0.39, 0.29) is 23.7 Å². The van der Waals surface area contributed by atoms with Gasteiger partial charge >= 0.3 is 0 Å². The molecular weight excluding hydrogens is 468 g/mol. The Morgan fingerprint density at radius 1 is 0.763 bits per heavy atom. The summed E-state index contributed by atoms with van der Waals surface area (Å²) in [5, 5.41) is 11.6. The summed E-state index contributed by atoms with van der Waals surface area (Å²) in [4.78, 5) is 0. The van der Waals surface area contributed by atoms with Crippen molar-refractivity contribution in [3.63, 3.8) is 0 Å². The molecule has 3 heteroatoms. The lowest BCUT2D eigenvalue weighted by molar-refractivity contribution is -0.181. The Balaban J connectivity index is 1.11. The highest BCUT2D eigenvalue weighted by Crippen LogP contribution is 2.68. The molecule has 0 radical (unpaired) electrons. The summed E-state index contributed by atoms with van der Waals surface area (Å²) in [7, 11) is 0. The standard InChI is InChI=1S/C35H48O3/c1-24(37-22-25-10-6-4-7-11-25)29-14-15-30-28-21-33(36)32-20-27(38-23-26-12-8-5-9-13-26)16-18-35(32,3)31(28)17-19-34(29,30)2/h4-13,24,27-33,36H,14-23H2,1-3H3/t24-,27+,28+,29?,30+,31+,32-,33+,34-,35-/m1/s1. The van der Waals surface area contributed by atoms with Crippen molar-refractivity contribution in [2.75, 3.05) is 0 Å². The first-order valence-electron chi connectivity index (χ1n) is 15.4. The molecular formula is C35H48O3. The third-order valence-electron chi connectivity index (χ3n) is 12.0. The molecule has 1 N–H and O–H groups in total. The van der Waals surface area contributed by atoms with Crippen molar-refractivity contribution >= 4 is 0 Å². The van der Waals surface area contributed by atoms with Gasteiger partial charge in [-0.25, -0.2) is 0 Å². The first-order chi connectivity index (χ1) is 18.4. The van der Waals surface area contributed by atoms with Crippen LogP contribution in [0, 0.1) is 40.4 Å². The SMILES string of the molecule is C[C@@H](OCc1ccccc1)C1CC[C@H]2[C@@H]3C[C@H](O)[C@H]4C[C@@H](OCc5ccccc5)CC[C@]4(C)[C@H]3CC[C@]12C. The van der Waals surface area contributed by atoms with Gasteiger partial charge in [-0.2, -0.15) is 0 Å². The van der Waals surface area contributed by atoms with Crippen LogP contribution in [0.15, 0.2) is 60.7 Å². The number of aliphatic hydroxyl groups excluding tert-OH is 1. The number of aliphatic hydroxyl groups is 1. The van der Waals surface area contributed by atoms with Gasteiger partial charge in [-0.1, -0.05) is 74.5 Å². The van der Waals surface area contributed by atoms with Crippen molar-refractivity contribution in [1.82, 2.24) is 0 Å². The quantitative estimate of drug-likeness (QED) is 0.408. The van der Waals surface area contributed by atoms with Crippen LogP contribution in [0.3, 0.4) is 0 Å². The Hall–Kier alpha value is -1.68. The highest BCUT2D eigenvalue weighted by atomic mass is 16.5. The minimum absolute atomic E-state index is 0.197. The molecule has 0 saturated heterocycles. The van der Waals surface area contributed by atoms with Crippen molar-refractivity contribution in [2.24, 2.45) is 40.4 Å². The lowest BCUT2D eigenvalue weighted by atomic mass is 9.44. The molecule has 206 valence electrons. The molecule has 0 spiro atoms. The van der Waals surface area contributed by atoms with Crippen LogP contribution in [-0.2, 0) is 22.7 Å². The third-order valence-corrected chi connectivity index (χ3v) is 12.0. The molecule has 0 amide bonds. The second-order valence-electron chi connectivity index (χ2n) is 13.7. The smallest absolute Gasteiger partial charge is 0.0720 e. The van der Waals surface area contributed by atoms with Crippen molar-refractivity contribution in [3.05, 3.63) is 71.8 Å². The first-order valence-corrected chi connectivity index (χ1v) is 15.4. The van der Waals surface area contributed by atoms with Gasteiger partial charge in [-0.3, -0.25) is 0 Å². The minimum Gasteiger partial charge on any atom is -0.393 e. The third kappa shape index (κ3) is 4.78. The molecule has 2 aromatic carbocycles. The molecule has 4 aliphatic rings. The first kappa shape index (κ1) is 26.5. The maximum atomic E-state index is 11.6. The molecule has 0 heterocycles. The van der Waals surface area contributed by atoms with E-state index in [1.165, 1.54) is 43.2 Å². The van der Waals surface area contributed by atoms with E-state index in [0.717, 1.165) is 25.2 Å². The molecule has 1 unspecified atom stereocenters. The van der Waals surface area contributed by atoms with E-state index in [1.807, 2.05) is 0 Å². The summed E-state index contributed by atoms with van der Waals surface area (Å²) in [6, 6.07) is 21.1. The van der Waals surface area contributed by atoms with E-state index in [9.17, 15) is 5.11 Å². The molecule has 38 heavy (non-hydrogen) atoms. The Bertz CT molecular complexity index is 1060. The summed E-state index contributed by atoms with van der Waals surface area (Å²) in [6.07, 6.45) is 9.88. The van der Waals surface area contributed by atoms with Gasteiger partial charge < -0.3 is 14.6 Å². The molecule has 0 aliphatic heterocycles. The summed E-state index contributed by atoms with van der Waals surface area (Å²) >= 11 is 0.